The monoisotopic (exact) mass is 497 g/mol. The molecule has 1 aliphatic rings. The van der Waals surface area contributed by atoms with Gasteiger partial charge in [-0.1, -0.05) is 66.7 Å². The zero-order chi connectivity index (χ0) is 25.8. The molecule has 0 radical (unpaired) electrons. The van der Waals surface area contributed by atoms with Gasteiger partial charge in [-0.3, -0.25) is 0 Å². The fourth-order valence-corrected chi connectivity index (χ4v) is 4.60. The van der Waals surface area contributed by atoms with Gasteiger partial charge in [0.2, 0.25) is 0 Å². The summed E-state index contributed by atoms with van der Waals surface area (Å²) in [6.07, 6.45) is -0.845. The van der Waals surface area contributed by atoms with Crippen LogP contribution in [-0.4, -0.2) is 29.8 Å². The Hall–Kier alpha value is -4.65. The Bertz CT molecular complexity index is 1390. The van der Waals surface area contributed by atoms with E-state index in [9.17, 15) is 19.1 Å². The number of alkyl carbamates (subject to hydrolysis) is 1. The summed E-state index contributed by atoms with van der Waals surface area (Å²) in [6.45, 7) is 0.0798. The van der Waals surface area contributed by atoms with Gasteiger partial charge in [-0.15, -0.1) is 0 Å². The number of carbonyl (C=O) groups excluding carboxylic acids is 1. The van der Waals surface area contributed by atoms with Crippen molar-refractivity contribution < 1.29 is 28.6 Å². The maximum atomic E-state index is 13.2. The van der Waals surface area contributed by atoms with E-state index in [1.54, 1.807) is 24.3 Å². The standard InChI is InChI=1S/C30H24FNO5/c31-20-13-15-21(16-14-20)37-28-12-6-1-7-19(28)17-27(29(33)34)32-30(35)36-18-26-24-10-4-2-8-22(24)23-9-3-5-11-25(23)26/h1-16,26-27H,17-18H2,(H,32,35)(H,33,34). The van der Waals surface area contributed by atoms with Crippen molar-refractivity contribution in [2.24, 2.45) is 0 Å². The highest BCUT2D eigenvalue weighted by Crippen LogP contribution is 2.44. The van der Waals surface area contributed by atoms with Gasteiger partial charge in [-0.25, -0.2) is 14.0 Å². The first kappa shape index (κ1) is 24.1. The first-order valence-electron chi connectivity index (χ1n) is 11.9. The van der Waals surface area contributed by atoms with E-state index >= 15 is 0 Å². The number of halogens is 1. The molecule has 1 atom stereocenters. The molecular formula is C30H24FNO5. The highest BCUT2D eigenvalue weighted by molar-refractivity contribution is 5.81. The molecule has 5 rings (SSSR count). The number of nitrogens with one attached hydrogen (secondary N) is 1. The minimum Gasteiger partial charge on any atom is -0.480 e. The van der Waals surface area contributed by atoms with Gasteiger partial charge in [0.05, 0.1) is 0 Å². The summed E-state index contributed by atoms with van der Waals surface area (Å²) in [5, 5.41) is 12.3. The molecule has 6 nitrogen and oxygen atoms in total. The van der Waals surface area contributed by atoms with Crippen LogP contribution < -0.4 is 10.1 Å². The molecule has 0 aliphatic heterocycles. The molecule has 1 unspecified atom stereocenters. The largest absolute Gasteiger partial charge is 0.480 e. The number of para-hydroxylation sites is 1. The number of benzene rings is 4. The van der Waals surface area contributed by atoms with Gasteiger partial charge in [-0.2, -0.15) is 0 Å². The number of carboxylic acid groups (broad SMARTS) is 1. The first-order chi connectivity index (χ1) is 18.0. The molecule has 0 saturated heterocycles. The fourth-order valence-electron chi connectivity index (χ4n) is 4.60. The summed E-state index contributed by atoms with van der Waals surface area (Å²) >= 11 is 0. The Morgan fingerprint density at radius 2 is 1.43 bits per heavy atom. The molecule has 1 aliphatic carbocycles. The molecule has 186 valence electrons. The minimum absolute atomic E-state index is 0.0309. The van der Waals surface area contributed by atoms with E-state index in [0.29, 0.717) is 17.1 Å². The predicted octanol–water partition coefficient (Wildman–Crippen LogP) is 6.15. The van der Waals surface area contributed by atoms with Gasteiger partial charge in [-0.05, 0) is 58.1 Å². The van der Waals surface area contributed by atoms with Crippen molar-refractivity contribution in [3.05, 3.63) is 120 Å². The van der Waals surface area contributed by atoms with Crippen LogP contribution in [0.1, 0.15) is 22.6 Å². The third-order valence-corrected chi connectivity index (χ3v) is 6.37. The lowest BCUT2D eigenvalue weighted by Crippen LogP contribution is -2.43. The molecule has 4 aromatic rings. The average Bonchev–Trinajstić information content (AvgIpc) is 3.23. The number of hydrogen-bond donors (Lipinski definition) is 2. The third-order valence-electron chi connectivity index (χ3n) is 6.37. The summed E-state index contributed by atoms with van der Waals surface area (Å²) in [6, 6.07) is 27.1. The van der Waals surface area contributed by atoms with Crippen molar-refractivity contribution in [3.8, 4) is 22.6 Å². The van der Waals surface area contributed by atoms with E-state index in [-0.39, 0.29) is 24.8 Å². The number of amides is 1. The Morgan fingerprint density at radius 1 is 0.838 bits per heavy atom. The Morgan fingerprint density at radius 3 is 2.08 bits per heavy atom. The summed E-state index contributed by atoms with van der Waals surface area (Å²) < 4.78 is 24.6. The highest BCUT2D eigenvalue weighted by atomic mass is 19.1. The molecule has 4 aromatic carbocycles. The lowest BCUT2D eigenvalue weighted by molar-refractivity contribution is -0.139. The predicted molar refractivity (Wildman–Crippen MR) is 136 cm³/mol. The maximum absolute atomic E-state index is 13.2. The van der Waals surface area contributed by atoms with E-state index in [1.165, 1.54) is 24.3 Å². The smallest absolute Gasteiger partial charge is 0.407 e. The number of aliphatic carboxylic acids is 1. The first-order valence-corrected chi connectivity index (χ1v) is 11.9. The molecule has 0 spiro atoms. The second-order valence-corrected chi connectivity index (χ2v) is 8.73. The molecule has 0 saturated carbocycles. The van der Waals surface area contributed by atoms with Crippen LogP contribution in [0.15, 0.2) is 97.1 Å². The number of carboxylic acids is 1. The van der Waals surface area contributed by atoms with Gasteiger partial charge in [0.15, 0.2) is 0 Å². The van der Waals surface area contributed by atoms with Crippen LogP contribution in [-0.2, 0) is 16.0 Å². The number of fused-ring (bicyclic) bond motifs is 3. The Kier molecular flexibility index (Phi) is 6.85. The van der Waals surface area contributed by atoms with Crippen molar-refractivity contribution in [1.29, 1.82) is 0 Å². The molecule has 1 amide bonds. The van der Waals surface area contributed by atoms with Gasteiger partial charge >= 0.3 is 12.1 Å². The van der Waals surface area contributed by atoms with Gasteiger partial charge < -0.3 is 19.9 Å². The van der Waals surface area contributed by atoms with Crippen molar-refractivity contribution >= 4 is 12.1 Å². The number of hydrogen-bond acceptors (Lipinski definition) is 4. The van der Waals surface area contributed by atoms with Crippen LogP contribution in [0.2, 0.25) is 0 Å². The highest BCUT2D eigenvalue weighted by Gasteiger charge is 2.30. The van der Waals surface area contributed by atoms with E-state index in [0.717, 1.165) is 22.3 Å². The number of carbonyl (C=O) groups is 2. The number of rotatable bonds is 8. The maximum Gasteiger partial charge on any atom is 0.407 e. The van der Waals surface area contributed by atoms with Crippen molar-refractivity contribution in [3.63, 3.8) is 0 Å². The zero-order valence-corrected chi connectivity index (χ0v) is 19.8. The lowest BCUT2D eigenvalue weighted by atomic mass is 9.98. The number of ether oxygens (including phenoxy) is 2. The van der Waals surface area contributed by atoms with Crippen molar-refractivity contribution in [2.45, 2.75) is 18.4 Å². The quantitative estimate of drug-likeness (QED) is 0.305. The average molecular weight is 498 g/mol. The van der Waals surface area contributed by atoms with Gasteiger partial charge in [0.25, 0.3) is 0 Å². The van der Waals surface area contributed by atoms with Gasteiger partial charge in [0.1, 0.15) is 30.0 Å². The lowest BCUT2D eigenvalue weighted by Gasteiger charge is -2.18. The van der Waals surface area contributed by atoms with E-state index in [1.807, 2.05) is 48.5 Å². The van der Waals surface area contributed by atoms with Crippen LogP contribution in [0.25, 0.3) is 11.1 Å². The summed E-state index contributed by atoms with van der Waals surface area (Å²) in [5.74, 6) is -0.907. The molecule has 0 bridgehead atoms. The molecule has 0 aromatic heterocycles. The second kappa shape index (κ2) is 10.5. The molecule has 0 heterocycles. The SMILES string of the molecule is O=C(NC(Cc1ccccc1Oc1ccc(F)cc1)C(=O)O)OCC1c2ccccc2-c2ccccc21. The summed E-state index contributed by atoms with van der Waals surface area (Å²) in [5.41, 5.74) is 4.91. The fraction of sp³-hybridized carbons (Fsp3) is 0.133. The van der Waals surface area contributed by atoms with Crippen molar-refractivity contribution in [2.75, 3.05) is 6.61 Å². The topological polar surface area (TPSA) is 84.9 Å². The summed E-state index contributed by atoms with van der Waals surface area (Å²) in [7, 11) is 0. The Balaban J connectivity index is 1.26. The molecular weight excluding hydrogens is 473 g/mol. The van der Waals surface area contributed by atoms with Crippen LogP contribution in [0, 0.1) is 5.82 Å². The second-order valence-electron chi connectivity index (χ2n) is 8.73. The molecule has 2 N–H and O–H groups in total. The van der Waals surface area contributed by atoms with Crippen LogP contribution >= 0.6 is 0 Å². The van der Waals surface area contributed by atoms with Crippen LogP contribution in [0.4, 0.5) is 9.18 Å². The Labute approximate surface area is 213 Å². The molecule has 7 heteroatoms. The molecule has 0 fully saturated rings. The van der Waals surface area contributed by atoms with Crippen LogP contribution in [0.5, 0.6) is 11.5 Å². The summed E-state index contributed by atoms with van der Waals surface area (Å²) in [4.78, 5) is 24.7. The zero-order valence-electron chi connectivity index (χ0n) is 19.8. The van der Waals surface area contributed by atoms with E-state index in [2.05, 4.69) is 5.32 Å². The minimum atomic E-state index is -1.24. The van der Waals surface area contributed by atoms with Crippen molar-refractivity contribution in [1.82, 2.24) is 5.32 Å². The van der Waals surface area contributed by atoms with Gasteiger partial charge in [0, 0.05) is 12.3 Å². The molecule has 37 heavy (non-hydrogen) atoms. The van der Waals surface area contributed by atoms with Crippen LogP contribution in [0.3, 0.4) is 0 Å². The normalized spacial score (nSPS) is 12.8. The van der Waals surface area contributed by atoms with E-state index in [4.69, 9.17) is 9.47 Å². The van der Waals surface area contributed by atoms with E-state index < -0.39 is 18.1 Å². The third kappa shape index (κ3) is 5.30.